The fraction of sp³-hybridized carbons (Fsp3) is 0.476. The molecule has 0 bridgehead atoms. The molecule has 1 aliphatic heterocycles. The number of hydrogen-bond donors (Lipinski definition) is 2. The summed E-state index contributed by atoms with van der Waals surface area (Å²) in [5.74, 6) is 2.00. The van der Waals surface area contributed by atoms with Crippen molar-refractivity contribution in [2.45, 2.75) is 25.9 Å². The van der Waals surface area contributed by atoms with Gasteiger partial charge in [-0.15, -0.1) is 24.0 Å². The SMILES string of the molecule is CC(CN=C(NCCc1ccco1)NCC1CCOC1)Oc1ccccc1F.I. The van der Waals surface area contributed by atoms with Gasteiger partial charge in [-0.1, -0.05) is 12.1 Å². The molecular formula is C21H29FIN3O3. The van der Waals surface area contributed by atoms with Crippen molar-refractivity contribution in [1.29, 1.82) is 0 Å². The summed E-state index contributed by atoms with van der Waals surface area (Å²) in [7, 11) is 0. The highest BCUT2D eigenvalue weighted by Gasteiger charge is 2.16. The lowest BCUT2D eigenvalue weighted by molar-refractivity contribution is 0.186. The summed E-state index contributed by atoms with van der Waals surface area (Å²) in [5.41, 5.74) is 0. The van der Waals surface area contributed by atoms with Crippen LogP contribution in [-0.2, 0) is 11.2 Å². The summed E-state index contributed by atoms with van der Waals surface area (Å²) in [6.07, 6.45) is 3.24. The maximum Gasteiger partial charge on any atom is 0.191 e. The number of hydrogen-bond acceptors (Lipinski definition) is 4. The Labute approximate surface area is 188 Å². The highest BCUT2D eigenvalue weighted by atomic mass is 127. The second-order valence-corrected chi connectivity index (χ2v) is 6.91. The second kappa shape index (κ2) is 12.7. The summed E-state index contributed by atoms with van der Waals surface area (Å²) in [6.45, 7) is 5.38. The highest BCUT2D eigenvalue weighted by molar-refractivity contribution is 14.0. The molecule has 0 radical (unpaired) electrons. The lowest BCUT2D eigenvalue weighted by atomic mass is 10.1. The molecular weight excluding hydrogens is 488 g/mol. The molecule has 1 aliphatic rings. The number of guanidine groups is 1. The van der Waals surface area contributed by atoms with E-state index in [4.69, 9.17) is 13.9 Å². The van der Waals surface area contributed by atoms with E-state index in [0.717, 1.165) is 38.4 Å². The van der Waals surface area contributed by atoms with Crippen molar-refractivity contribution in [3.05, 3.63) is 54.2 Å². The first-order valence-electron chi connectivity index (χ1n) is 9.74. The molecule has 2 atom stereocenters. The molecule has 29 heavy (non-hydrogen) atoms. The van der Waals surface area contributed by atoms with E-state index in [1.807, 2.05) is 19.1 Å². The third kappa shape index (κ3) is 8.22. The lowest BCUT2D eigenvalue weighted by Gasteiger charge is -2.17. The molecule has 0 spiro atoms. The van der Waals surface area contributed by atoms with Crippen molar-refractivity contribution in [2.75, 3.05) is 32.8 Å². The van der Waals surface area contributed by atoms with Crippen LogP contribution < -0.4 is 15.4 Å². The molecule has 2 N–H and O–H groups in total. The Balaban J connectivity index is 0.00000300. The van der Waals surface area contributed by atoms with Crippen LogP contribution in [0.15, 0.2) is 52.1 Å². The van der Waals surface area contributed by atoms with E-state index in [2.05, 4.69) is 15.6 Å². The summed E-state index contributed by atoms with van der Waals surface area (Å²) >= 11 is 0. The average molecular weight is 517 g/mol. The minimum atomic E-state index is -0.366. The third-order valence-corrected chi connectivity index (χ3v) is 4.50. The van der Waals surface area contributed by atoms with Crippen molar-refractivity contribution >= 4 is 29.9 Å². The van der Waals surface area contributed by atoms with Crippen molar-refractivity contribution in [3.63, 3.8) is 0 Å². The van der Waals surface area contributed by atoms with Crippen LogP contribution in [0.2, 0.25) is 0 Å². The molecule has 3 rings (SSSR count). The van der Waals surface area contributed by atoms with E-state index in [0.29, 0.717) is 25.0 Å². The maximum absolute atomic E-state index is 13.7. The van der Waals surface area contributed by atoms with Crippen LogP contribution in [0.1, 0.15) is 19.1 Å². The number of furan rings is 1. The van der Waals surface area contributed by atoms with E-state index >= 15 is 0 Å². The van der Waals surface area contributed by atoms with Gasteiger partial charge in [0.2, 0.25) is 0 Å². The van der Waals surface area contributed by atoms with Gasteiger partial charge < -0.3 is 24.5 Å². The fourth-order valence-electron chi connectivity index (χ4n) is 2.93. The topological polar surface area (TPSA) is 68.0 Å². The van der Waals surface area contributed by atoms with Gasteiger partial charge in [0.1, 0.15) is 11.9 Å². The number of benzene rings is 1. The van der Waals surface area contributed by atoms with Gasteiger partial charge in [0, 0.05) is 32.0 Å². The number of nitrogens with zero attached hydrogens (tertiary/aromatic N) is 1. The average Bonchev–Trinajstić information content (AvgIpc) is 3.39. The second-order valence-electron chi connectivity index (χ2n) is 6.91. The zero-order valence-corrected chi connectivity index (χ0v) is 18.9. The predicted molar refractivity (Wildman–Crippen MR) is 122 cm³/mol. The molecule has 0 saturated carbocycles. The van der Waals surface area contributed by atoms with Gasteiger partial charge in [0.25, 0.3) is 0 Å². The first-order chi connectivity index (χ1) is 13.7. The Morgan fingerprint density at radius 1 is 1.28 bits per heavy atom. The minimum absolute atomic E-state index is 0. The molecule has 1 fully saturated rings. The van der Waals surface area contributed by atoms with Crippen LogP contribution in [0, 0.1) is 11.7 Å². The van der Waals surface area contributed by atoms with Crippen LogP contribution in [0.5, 0.6) is 5.75 Å². The van der Waals surface area contributed by atoms with Gasteiger partial charge in [0.15, 0.2) is 17.5 Å². The van der Waals surface area contributed by atoms with Crippen LogP contribution in [0.4, 0.5) is 4.39 Å². The van der Waals surface area contributed by atoms with Gasteiger partial charge in [-0.25, -0.2) is 9.38 Å². The molecule has 0 amide bonds. The Morgan fingerprint density at radius 3 is 2.86 bits per heavy atom. The molecule has 2 aromatic rings. The number of ether oxygens (including phenoxy) is 2. The van der Waals surface area contributed by atoms with E-state index < -0.39 is 0 Å². The molecule has 1 saturated heterocycles. The van der Waals surface area contributed by atoms with Gasteiger partial charge in [-0.2, -0.15) is 0 Å². The smallest absolute Gasteiger partial charge is 0.191 e. The van der Waals surface area contributed by atoms with Crippen molar-refractivity contribution < 1.29 is 18.3 Å². The van der Waals surface area contributed by atoms with Crippen molar-refractivity contribution in [3.8, 4) is 5.75 Å². The van der Waals surface area contributed by atoms with Gasteiger partial charge >= 0.3 is 0 Å². The van der Waals surface area contributed by atoms with E-state index in [9.17, 15) is 4.39 Å². The van der Waals surface area contributed by atoms with E-state index in [1.54, 1.807) is 24.5 Å². The van der Waals surface area contributed by atoms with Crippen LogP contribution in [0.25, 0.3) is 0 Å². The van der Waals surface area contributed by atoms with Gasteiger partial charge in [-0.05, 0) is 37.6 Å². The first-order valence-corrected chi connectivity index (χ1v) is 9.74. The summed E-state index contributed by atoms with van der Waals surface area (Å²) < 4.78 is 30.2. The monoisotopic (exact) mass is 517 g/mol. The predicted octanol–water partition coefficient (Wildman–Crippen LogP) is 3.62. The third-order valence-electron chi connectivity index (χ3n) is 4.50. The standard InChI is InChI=1S/C21H28FN3O3.HI/c1-16(28-20-7-3-2-6-19(20)22)13-24-21(25-14-17-9-12-26-15-17)23-10-8-18-5-4-11-27-18;/h2-7,11,16-17H,8-10,12-15H2,1H3,(H2,23,24,25);1H. The molecule has 8 heteroatoms. The molecule has 2 heterocycles. The Bertz CT molecular complexity index is 737. The highest BCUT2D eigenvalue weighted by Crippen LogP contribution is 2.17. The van der Waals surface area contributed by atoms with E-state index in [1.165, 1.54) is 6.07 Å². The molecule has 1 aromatic carbocycles. The minimum Gasteiger partial charge on any atom is -0.486 e. The Hall–Kier alpha value is -1.81. The Morgan fingerprint density at radius 2 is 2.14 bits per heavy atom. The largest absolute Gasteiger partial charge is 0.486 e. The molecule has 0 aliphatic carbocycles. The molecule has 1 aromatic heterocycles. The number of nitrogens with one attached hydrogen (secondary N) is 2. The van der Waals surface area contributed by atoms with Crippen molar-refractivity contribution in [2.24, 2.45) is 10.9 Å². The number of aliphatic imine (C=N–C) groups is 1. The van der Waals surface area contributed by atoms with Crippen LogP contribution in [-0.4, -0.2) is 44.9 Å². The lowest BCUT2D eigenvalue weighted by Crippen LogP contribution is -2.41. The summed E-state index contributed by atoms with van der Waals surface area (Å²) in [5, 5.41) is 6.69. The number of rotatable bonds is 9. The Kier molecular flexibility index (Phi) is 10.3. The number of para-hydroxylation sites is 1. The fourth-order valence-corrected chi connectivity index (χ4v) is 2.93. The summed E-state index contributed by atoms with van der Waals surface area (Å²) in [4.78, 5) is 4.60. The van der Waals surface area contributed by atoms with Gasteiger partial charge in [0.05, 0.1) is 19.4 Å². The molecule has 6 nitrogen and oxygen atoms in total. The zero-order valence-electron chi connectivity index (χ0n) is 16.6. The van der Waals surface area contributed by atoms with Crippen molar-refractivity contribution in [1.82, 2.24) is 10.6 Å². The molecule has 2 unspecified atom stereocenters. The van der Waals surface area contributed by atoms with Gasteiger partial charge in [-0.3, -0.25) is 0 Å². The van der Waals surface area contributed by atoms with Crippen LogP contribution >= 0.6 is 24.0 Å². The van der Waals surface area contributed by atoms with Crippen LogP contribution in [0.3, 0.4) is 0 Å². The zero-order chi connectivity index (χ0) is 19.6. The normalized spacial score (nSPS) is 17.4. The maximum atomic E-state index is 13.7. The first kappa shape index (κ1) is 23.5. The number of halogens is 2. The molecule has 160 valence electrons. The quantitative estimate of drug-likeness (QED) is 0.302. The van der Waals surface area contributed by atoms with E-state index in [-0.39, 0.29) is 41.6 Å². The summed E-state index contributed by atoms with van der Waals surface area (Å²) in [6, 6.07) is 10.2.